The fourth-order valence-corrected chi connectivity index (χ4v) is 2.45. The first-order valence-electron chi connectivity index (χ1n) is 8.24. The molecule has 138 valence electrons. The first-order valence-corrected chi connectivity index (χ1v) is 8.24. The van der Waals surface area contributed by atoms with Crippen LogP contribution >= 0.6 is 0 Å². The summed E-state index contributed by atoms with van der Waals surface area (Å²) in [5.74, 6) is -2.82. The summed E-state index contributed by atoms with van der Waals surface area (Å²) in [5.41, 5.74) is -0.217. The van der Waals surface area contributed by atoms with Crippen LogP contribution in [0.3, 0.4) is 0 Å². The van der Waals surface area contributed by atoms with E-state index in [2.05, 4.69) is 4.98 Å². The average molecular weight is 357 g/mol. The molecule has 0 aliphatic heterocycles. The minimum Gasteiger partial charge on any atom is -0.480 e. The third-order valence-electron chi connectivity index (χ3n) is 4.03. The summed E-state index contributed by atoms with van der Waals surface area (Å²) in [6.07, 6.45) is 3.24. The van der Waals surface area contributed by atoms with Crippen molar-refractivity contribution in [2.45, 2.75) is 32.8 Å². The number of aliphatic carboxylic acids is 2. The van der Waals surface area contributed by atoms with Crippen molar-refractivity contribution in [3.05, 3.63) is 54.4 Å². The number of hydrogen-bond acceptors (Lipinski definition) is 4. The number of ether oxygens (including phenoxy) is 1. The van der Waals surface area contributed by atoms with Gasteiger partial charge in [-0.25, -0.2) is 0 Å². The van der Waals surface area contributed by atoms with E-state index in [0.29, 0.717) is 5.56 Å². The zero-order valence-electron chi connectivity index (χ0n) is 15.1. The van der Waals surface area contributed by atoms with Crippen molar-refractivity contribution in [2.75, 3.05) is 6.61 Å². The molecule has 0 atom stereocenters. The average Bonchev–Trinajstić information content (AvgIpc) is 2.58. The van der Waals surface area contributed by atoms with Crippen molar-refractivity contribution in [1.82, 2.24) is 4.98 Å². The van der Waals surface area contributed by atoms with Gasteiger partial charge in [-0.3, -0.25) is 14.6 Å². The third kappa shape index (κ3) is 4.67. The number of aromatic nitrogens is 1. The van der Waals surface area contributed by atoms with Gasteiger partial charge in [0.15, 0.2) is 5.41 Å². The second-order valence-corrected chi connectivity index (χ2v) is 7.21. The van der Waals surface area contributed by atoms with E-state index in [1.165, 1.54) is 0 Å². The van der Waals surface area contributed by atoms with Gasteiger partial charge in [0.2, 0.25) is 0 Å². The van der Waals surface area contributed by atoms with E-state index >= 15 is 0 Å². The summed E-state index contributed by atoms with van der Waals surface area (Å²) in [4.78, 5) is 27.7. The van der Waals surface area contributed by atoms with Gasteiger partial charge in [-0.2, -0.15) is 0 Å². The molecule has 0 amide bonds. The van der Waals surface area contributed by atoms with Gasteiger partial charge in [0, 0.05) is 18.8 Å². The first-order chi connectivity index (χ1) is 12.1. The molecule has 0 fully saturated rings. The Balaban J connectivity index is 2.27. The molecule has 0 radical (unpaired) electrons. The largest absolute Gasteiger partial charge is 0.480 e. The molecule has 0 aliphatic carbocycles. The van der Waals surface area contributed by atoms with E-state index in [1.54, 1.807) is 45.3 Å². The Hall–Kier alpha value is -2.73. The van der Waals surface area contributed by atoms with Gasteiger partial charge in [-0.1, -0.05) is 30.3 Å². The molecule has 6 heteroatoms. The first kappa shape index (κ1) is 19.6. The minimum absolute atomic E-state index is 0.166. The Morgan fingerprint density at radius 2 is 1.62 bits per heavy atom. The second kappa shape index (κ2) is 7.66. The Labute approximate surface area is 152 Å². The molecule has 26 heavy (non-hydrogen) atoms. The number of rotatable bonds is 7. The van der Waals surface area contributed by atoms with Crippen LogP contribution in [-0.4, -0.2) is 39.3 Å². The molecule has 0 saturated heterocycles. The van der Waals surface area contributed by atoms with Crippen LogP contribution in [0.1, 0.15) is 26.3 Å². The number of benzene rings is 1. The van der Waals surface area contributed by atoms with Crippen molar-refractivity contribution in [3.8, 4) is 11.1 Å². The Bertz CT molecular complexity index is 749. The maximum atomic E-state index is 11.8. The van der Waals surface area contributed by atoms with Gasteiger partial charge < -0.3 is 14.9 Å². The predicted octanol–water partition coefficient (Wildman–Crippen LogP) is 3.26. The van der Waals surface area contributed by atoms with Gasteiger partial charge in [0.05, 0.1) is 12.2 Å². The lowest BCUT2D eigenvalue weighted by Crippen LogP contribution is -2.47. The Kier molecular flexibility index (Phi) is 5.77. The number of carboxylic acid groups (broad SMARTS) is 2. The molecular formula is C20H23NO5. The van der Waals surface area contributed by atoms with Gasteiger partial charge in [0.25, 0.3) is 0 Å². The summed E-state index contributed by atoms with van der Waals surface area (Å²) in [5, 5.41) is 19.2. The molecule has 0 bridgehead atoms. The van der Waals surface area contributed by atoms with Gasteiger partial charge in [0.1, 0.15) is 0 Å². The predicted molar refractivity (Wildman–Crippen MR) is 96.8 cm³/mol. The number of pyridine rings is 1. The highest BCUT2D eigenvalue weighted by molar-refractivity contribution is 5.98. The topological polar surface area (TPSA) is 96.7 Å². The van der Waals surface area contributed by atoms with Crippen molar-refractivity contribution in [3.63, 3.8) is 0 Å². The fraction of sp³-hybridized carbons (Fsp3) is 0.350. The molecule has 2 aromatic rings. The van der Waals surface area contributed by atoms with Crippen LogP contribution in [0.5, 0.6) is 0 Å². The Morgan fingerprint density at radius 3 is 2.08 bits per heavy atom. The van der Waals surface area contributed by atoms with Crippen LogP contribution < -0.4 is 0 Å². The van der Waals surface area contributed by atoms with Crippen molar-refractivity contribution in [1.29, 1.82) is 0 Å². The monoisotopic (exact) mass is 357 g/mol. The standard InChI is InChI=1S/C20H23NO5/c1-19(2,3)26-13-20(17(22)23,18(24)25)11-14-6-8-15(9-7-14)16-5-4-10-21-12-16/h4-10,12H,11,13H2,1-3H3,(H,22,23)(H,24,25). The maximum Gasteiger partial charge on any atom is 0.323 e. The smallest absolute Gasteiger partial charge is 0.323 e. The number of carbonyl (C=O) groups is 2. The van der Waals surface area contributed by atoms with Gasteiger partial charge in [-0.05, 0) is 43.5 Å². The number of nitrogens with zero attached hydrogens (tertiary/aromatic N) is 1. The van der Waals surface area contributed by atoms with Crippen LogP contribution in [-0.2, 0) is 20.7 Å². The molecule has 6 nitrogen and oxygen atoms in total. The molecule has 0 spiro atoms. The lowest BCUT2D eigenvalue weighted by atomic mass is 9.82. The number of carboxylic acids is 2. The highest BCUT2D eigenvalue weighted by atomic mass is 16.5. The maximum absolute atomic E-state index is 11.8. The fourth-order valence-electron chi connectivity index (χ4n) is 2.45. The Morgan fingerprint density at radius 1 is 1.00 bits per heavy atom. The molecule has 1 aromatic carbocycles. The quantitative estimate of drug-likeness (QED) is 0.738. The summed E-state index contributed by atoms with van der Waals surface area (Å²) in [6, 6.07) is 10.9. The third-order valence-corrected chi connectivity index (χ3v) is 4.03. The van der Waals surface area contributed by atoms with E-state index in [1.807, 2.05) is 24.3 Å². The van der Waals surface area contributed by atoms with Crippen LogP contribution in [0.15, 0.2) is 48.8 Å². The van der Waals surface area contributed by atoms with Crippen molar-refractivity contribution in [2.24, 2.45) is 5.41 Å². The zero-order chi connectivity index (χ0) is 19.4. The van der Waals surface area contributed by atoms with E-state index in [9.17, 15) is 19.8 Å². The van der Waals surface area contributed by atoms with E-state index in [0.717, 1.165) is 11.1 Å². The van der Waals surface area contributed by atoms with Crippen molar-refractivity contribution >= 4 is 11.9 Å². The normalized spacial score (nSPS) is 12.0. The highest BCUT2D eigenvalue weighted by Gasteiger charge is 2.48. The SMILES string of the molecule is CC(C)(C)OCC(Cc1ccc(-c2cccnc2)cc1)(C(=O)O)C(=O)O. The lowest BCUT2D eigenvalue weighted by molar-refractivity contribution is -0.173. The number of hydrogen-bond donors (Lipinski definition) is 2. The molecule has 1 heterocycles. The van der Waals surface area contributed by atoms with E-state index < -0.39 is 29.6 Å². The summed E-state index contributed by atoms with van der Waals surface area (Å²) >= 11 is 0. The summed E-state index contributed by atoms with van der Waals surface area (Å²) < 4.78 is 5.51. The molecule has 2 rings (SSSR count). The minimum atomic E-state index is -2.04. The summed E-state index contributed by atoms with van der Waals surface area (Å²) in [6.45, 7) is 4.85. The van der Waals surface area contributed by atoms with Gasteiger partial charge >= 0.3 is 11.9 Å². The molecular weight excluding hydrogens is 334 g/mol. The van der Waals surface area contributed by atoms with Crippen LogP contribution in [0.2, 0.25) is 0 Å². The van der Waals surface area contributed by atoms with Crippen LogP contribution in [0, 0.1) is 5.41 Å². The lowest BCUT2D eigenvalue weighted by Gasteiger charge is -2.29. The summed E-state index contributed by atoms with van der Waals surface area (Å²) in [7, 11) is 0. The van der Waals surface area contributed by atoms with E-state index in [4.69, 9.17) is 4.74 Å². The second-order valence-electron chi connectivity index (χ2n) is 7.21. The molecule has 0 unspecified atom stereocenters. The molecule has 0 saturated carbocycles. The molecule has 2 N–H and O–H groups in total. The highest BCUT2D eigenvalue weighted by Crippen LogP contribution is 2.28. The van der Waals surface area contributed by atoms with Crippen LogP contribution in [0.4, 0.5) is 0 Å². The zero-order valence-corrected chi connectivity index (χ0v) is 15.1. The van der Waals surface area contributed by atoms with Gasteiger partial charge in [-0.15, -0.1) is 0 Å². The van der Waals surface area contributed by atoms with E-state index in [-0.39, 0.29) is 6.42 Å². The molecule has 1 aromatic heterocycles. The molecule has 0 aliphatic rings. The van der Waals surface area contributed by atoms with Crippen LogP contribution in [0.25, 0.3) is 11.1 Å². The van der Waals surface area contributed by atoms with Crippen molar-refractivity contribution < 1.29 is 24.5 Å².